The van der Waals surface area contributed by atoms with Gasteiger partial charge < -0.3 is 0 Å². The number of ketones is 1. The van der Waals surface area contributed by atoms with Crippen LogP contribution in [0.25, 0.3) is 0 Å². The topological polar surface area (TPSA) is 91.8 Å². The monoisotopic (exact) mass is 662 g/mol. The lowest BCUT2D eigenvalue weighted by molar-refractivity contribution is -0.132. The Bertz CT molecular complexity index is 1940. The Morgan fingerprint density at radius 1 is 0.689 bits per heavy atom. The van der Waals surface area contributed by atoms with Crippen molar-refractivity contribution in [3.05, 3.63) is 130 Å². The number of sulfonamides is 2. The van der Waals surface area contributed by atoms with Gasteiger partial charge in [0.2, 0.25) is 20.0 Å². The summed E-state index contributed by atoms with van der Waals surface area (Å²) in [5.41, 5.74) is 3.93. The van der Waals surface area contributed by atoms with Crippen molar-refractivity contribution in [3.63, 3.8) is 0 Å². The first-order valence-corrected chi connectivity index (χ1v) is 18.2. The van der Waals surface area contributed by atoms with Crippen LogP contribution < -0.4 is 0 Å². The number of hydrogen-bond donors (Lipinski definition) is 0. The van der Waals surface area contributed by atoms with Crippen LogP contribution in [-0.4, -0.2) is 43.8 Å². The van der Waals surface area contributed by atoms with E-state index in [2.05, 4.69) is 0 Å². The second-order valence-electron chi connectivity index (χ2n) is 12.1. The van der Waals surface area contributed by atoms with Gasteiger partial charge in [0.25, 0.3) is 0 Å². The van der Waals surface area contributed by atoms with Gasteiger partial charge in [-0.25, -0.2) is 16.8 Å². The summed E-state index contributed by atoms with van der Waals surface area (Å²) in [6.45, 7) is 5.46. The van der Waals surface area contributed by atoms with E-state index in [1.165, 1.54) is 8.61 Å². The van der Waals surface area contributed by atoms with Gasteiger partial charge in [-0.15, -0.1) is 0 Å². The summed E-state index contributed by atoms with van der Waals surface area (Å²) in [5, 5.41) is 0.501. The standard InChI is InChI=1S/C35H35ClN2O5S2/c1-23-8-12-26(13-9-23)31-20-33-30(22-37(31)44(40,41)29-18-10-24(2)11-19-29)34(39)21-32(27-14-16-28(36)17-15-27)38(33)45(42,43)35-7-5-4-6-25(35)3/h4-19,30-33H,20-22H2,1-3H3/t30-,31+,32?,33+/m1/s1. The van der Waals surface area contributed by atoms with Crippen molar-refractivity contribution < 1.29 is 21.6 Å². The van der Waals surface area contributed by atoms with Gasteiger partial charge in [0, 0.05) is 29.9 Å². The Balaban J connectivity index is 1.52. The number of aryl methyl sites for hydroxylation is 3. The zero-order chi connectivity index (χ0) is 32.1. The molecule has 0 spiro atoms. The number of nitrogens with zero attached hydrogens (tertiary/aromatic N) is 2. The van der Waals surface area contributed by atoms with E-state index in [0.29, 0.717) is 16.1 Å². The van der Waals surface area contributed by atoms with E-state index in [4.69, 9.17) is 11.6 Å². The average molecular weight is 663 g/mol. The van der Waals surface area contributed by atoms with E-state index >= 15 is 0 Å². The molecule has 6 rings (SSSR count). The number of halogens is 1. The number of hydrogen-bond acceptors (Lipinski definition) is 5. The molecular formula is C35H35ClN2O5S2. The molecule has 1 unspecified atom stereocenters. The Labute approximate surface area is 270 Å². The molecule has 234 valence electrons. The second-order valence-corrected chi connectivity index (χ2v) is 16.2. The van der Waals surface area contributed by atoms with E-state index in [1.807, 2.05) is 38.1 Å². The third kappa shape index (κ3) is 5.88. The molecule has 2 aliphatic rings. The van der Waals surface area contributed by atoms with Gasteiger partial charge in [-0.05, 0) is 74.2 Å². The van der Waals surface area contributed by atoms with Gasteiger partial charge >= 0.3 is 0 Å². The van der Waals surface area contributed by atoms with Crippen LogP contribution in [0.1, 0.15) is 52.7 Å². The van der Waals surface area contributed by atoms with Gasteiger partial charge in [-0.2, -0.15) is 8.61 Å². The van der Waals surface area contributed by atoms with Crippen molar-refractivity contribution in [1.29, 1.82) is 0 Å². The highest BCUT2D eigenvalue weighted by Crippen LogP contribution is 2.48. The van der Waals surface area contributed by atoms with Crippen LogP contribution in [0.15, 0.2) is 107 Å². The molecule has 0 amide bonds. The van der Waals surface area contributed by atoms with Crippen molar-refractivity contribution in [2.75, 3.05) is 6.54 Å². The minimum absolute atomic E-state index is 0.0818. The van der Waals surface area contributed by atoms with Crippen LogP contribution >= 0.6 is 11.6 Å². The molecule has 0 radical (unpaired) electrons. The fraction of sp³-hybridized carbons (Fsp3) is 0.286. The quantitative estimate of drug-likeness (QED) is 0.227. The molecule has 4 atom stereocenters. The predicted molar refractivity (Wildman–Crippen MR) is 175 cm³/mol. The molecule has 10 heteroatoms. The first-order chi connectivity index (χ1) is 21.4. The number of rotatable bonds is 6. The molecule has 2 heterocycles. The molecule has 4 aromatic rings. The fourth-order valence-electron chi connectivity index (χ4n) is 6.67. The molecule has 0 bridgehead atoms. The number of Topliss-reactive ketones (excluding diaryl/α,β-unsaturated/α-hetero) is 1. The first kappa shape index (κ1) is 31.6. The zero-order valence-electron chi connectivity index (χ0n) is 25.3. The van der Waals surface area contributed by atoms with Crippen molar-refractivity contribution >= 4 is 37.4 Å². The Morgan fingerprint density at radius 3 is 1.87 bits per heavy atom. The summed E-state index contributed by atoms with van der Waals surface area (Å²) < 4.78 is 60.8. The molecule has 45 heavy (non-hydrogen) atoms. The number of piperidine rings is 2. The van der Waals surface area contributed by atoms with Gasteiger partial charge in [-0.1, -0.05) is 89.5 Å². The minimum Gasteiger partial charge on any atom is -0.299 e. The number of fused-ring (bicyclic) bond motifs is 1. The summed E-state index contributed by atoms with van der Waals surface area (Å²) in [6.07, 6.45) is 0.0291. The summed E-state index contributed by atoms with van der Waals surface area (Å²) in [7, 11) is -8.18. The van der Waals surface area contributed by atoms with Crippen LogP contribution in [0.4, 0.5) is 0 Å². The normalized spacial score (nSPS) is 23.1. The predicted octanol–water partition coefficient (Wildman–Crippen LogP) is 6.79. The molecular weight excluding hydrogens is 628 g/mol. The van der Waals surface area contributed by atoms with Gasteiger partial charge in [0.1, 0.15) is 5.78 Å². The molecule has 2 fully saturated rings. The Hall–Kier alpha value is -3.34. The summed E-state index contributed by atoms with van der Waals surface area (Å²) in [6, 6.07) is 25.7. The molecule has 2 saturated heterocycles. The van der Waals surface area contributed by atoms with Crippen LogP contribution in [0.5, 0.6) is 0 Å². The molecule has 0 aliphatic carbocycles. The van der Waals surface area contributed by atoms with E-state index in [-0.39, 0.29) is 35.0 Å². The largest absolute Gasteiger partial charge is 0.299 e. The highest BCUT2D eigenvalue weighted by Gasteiger charge is 2.54. The van der Waals surface area contributed by atoms with Crippen LogP contribution in [0.2, 0.25) is 5.02 Å². The number of carbonyl (C=O) groups excluding carboxylic acids is 1. The maximum Gasteiger partial charge on any atom is 0.244 e. The molecule has 0 N–H and O–H groups in total. The van der Waals surface area contributed by atoms with Gasteiger partial charge in [-0.3, -0.25) is 4.79 Å². The van der Waals surface area contributed by atoms with E-state index in [1.54, 1.807) is 79.7 Å². The summed E-state index contributed by atoms with van der Waals surface area (Å²) in [5.74, 6) is -1.02. The lowest BCUT2D eigenvalue weighted by Crippen LogP contribution is -2.61. The van der Waals surface area contributed by atoms with Crippen molar-refractivity contribution in [2.45, 2.75) is 61.5 Å². The zero-order valence-corrected chi connectivity index (χ0v) is 27.7. The van der Waals surface area contributed by atoms with Gasteiger partial charge in [0.05, 0.1) is 21.9 Å². The first-order valence-electron chi connectivity index (χ1n) is 14.9. The SMILES string of the molecule is Cc1ccc([C@@H]2C[C@H]3[C@@H](CN2S(=O)(=O)c2ccc(C)cc2)C(=O)CC(c2ccc(Cl)cc2)N3S(=O)(=O)c2ccccc2C)cc1. The van der Waals surface area contributed by atoms with Crippen molar-refractivity contribution in [1.82, 2.24) is 8.61 Å². The molecule has 7 nitrogen and oxygen atoms in total. The number of benzene rings is 4. The van der Waals surface area contributed by atoms with Crippen molar-refractivity contribution in [3.8, 4) is 0 Å². The minimum atomic E-state index is -4.14. The maximum atomic E-state index is 14.7. The van der Waals surface area contributed by atoms with Gasteiger partial charge in [0.15, 0.2) is 0 Å². The summed E-state index contributed by atoms with van der Waals surface area (Å²) >= 11 is 6.19. The Kier molecular flexibility index (Phi) is 8.52. The highest BCUT2D eigenvalue weighted by molar-refractivity contribution is 7.89. The fourth-order valence-corrected chi connectivity index (χ4v) is 10.5. The third-order valence-electron chi connectivity index (χ3n) is 9.09. The second kappa shape index (κ2) is 12.1. The lowest BCUT2D eigenvalue weighted by atomic mass is 9.77. The lowest BCUT2D eigenvalue weighted by Gasteiger charge is -2.51. The van der Waals surface area contributed by atoms with E-state index in [9.17, 15) is 21.6 Å². The molecule has 0 saturated carbocycles. The average Bonchev–Trinajstić information content (AvgIpc) is 3.01. The van der Waals surface area contributed by atoms with Crippen molar-refractivity contribution in [2.24, 2.45) is 5.92 Å². The number of carbonyl (C=O) groups is 1. The highest BCUT2D eigenvalue weighted by atomic mass is 35.5. The van der Waals surface area contributed by atoms with Crippen LogP contribution in [-0.2, 0) is 24.8 Å². The Morgan fingerprint density at radius 2 is 1.24 bits per heavy atom. The van der Waals surface area contributed by atoms with Crippen LogP contribution in [0.3, 0.4) is 0 Å². The van der Waals surface area contributed by atoms with Crippen LogP contribution in [0, 0.1) is 26.7 Å². The summed E-state index contributed by atoms with van der Waals surface area (Å²) in [4.78, 5) is 14.3. The van der Waals surface area contributed by atoms with E-state index < -0.39 is 44.1 Å². The van der Waals surface area contributed by atoms with E-state index in [0.717, 1.165) is 16.7 Å². The molecule has 2 aliphatic heterocycles. The molecule has 0 aromatic heterocycles. The third-order valence-corrected chi connectivity index (χ3v) is 13.3. The smallest absolute Gasteiger partial charge is 0.244 e. The molecule has 4 aromatic carbocycles. The maximum absolute atomic E-state index is 14.7.